The van der Waals surface area contributed by atoms with Crippen LogP contribution >= 0.6 is 0 Å². The number of hydrogen-bond acceptors (Lipinski definition) is 4. The maximum absolute atomic E-state index is 11.6. The normalized spacial score (nSPS) is 14.2. The summed E-state index contributed by atoms with van der Waals surface area (Å²) in [6.07, 6.45) is 0. The van der Waals surface area contributed by atoms with Crippen molar-refractivity contribution in [1.29, 1.82) is 0 Å². The largest absolute Gasteiger partial charge is 0.478 e. The van der Waals surface area contributed by atoms with Crippen LogP contribution in [0.5, 0.6) is 0 Å². The second-order valence-electron chi connectivity index (χ2n) is 6.98. The van der Waals surface area contributed by atoms with Gasteiger partial charge in [0.15, 0.2) is 0 Å². The maximum Gasteiger partial charge on any atom is 0.335 e. The van der Waals surface area contributed by atoms with Crippen molar-refractivity contribution in [3.63, 3.8) is 0 Å². The summed E-state index contributed by atoms with van der Waals surface area (Å²) in [4.78, 5) is 27.4. The molecule has 0 aliphatic carbocycles. The first kappa shape index (κ1) is 18.8. The first-order chi connectivity index (χ1) is 12.8. The molecule has 1 aliphatic rings. The van der Waals surface area contributed by atoms with Crippen LogP contribution in [0.3, 0.4) is 0 Å². The highest BCUT2D eigenvalue weighted by molar-refractivity contribution is 5.96. The molecule has 1 amide bonds. The molecule has 2 aromatic carbocycles. The number of carbonyl (C=O) groups excluding carboxylic acids is 1. The highest BCUT2D eigenvalue weighted by Gasteiger charge is 2.21. The minimum atomic E-state index is -1.01. The van der Waals surface area contributed by atoms with Gasteiger partial charge in [0, 0.05) is 38.8 Å². The van der Waals surface area contributed by atoms with Gasteiger partial charge in [0.2, 0.25) is 5.91 Å². The minimum Gasteiger partial charge on any atom is -0.478 e. The van der Waals surface area contributed by atoms with E-state index in [0.717, 1.165) is 31.9 Å². The summed E-state index contributed by atoms with van der Waals surface area (Å²) in [7, 11) is 0. The first-order valence-electron chi connectivity index (χ1n) is 9.07. The van der Waals surface area contributed by atoms with E-state index < -0.39 is 5.97 Å². The van der Waals surface area contributed by atoms with Crippen molar-refractivity contribution in [2.75, 3.05) is 41.3 Å². The second kappa shape index (κ2) is 7.70. The smallest absolute Gasteiger partial charge is 0.335 e. The van der Waals surface area contributed by atoms with Gasteiger partial charge in [0.1, 0.15) is 0 Å². The molecule has 0 atom stereocenters. The summed E-state index contributed by atoms with van der Waals surface area (Å²) in [5.41, 5.74) is 5.34. The zero-order chi connectivity index (χ0) is 19.6. The third-order valence-electron chi connectivity index (χ3n) is 4.88. The average molecular weight is 367 g/mol. The van der Waals surface area contributed by atoms with Gasteiger partial charge in [-0.15, -0.1) is 0 Å². The first-order valence-corrected chi connectivity index (χ1v) is 9.07. The molecule has 6 heteroatoms. The number of hydrogen-bond donors (Lipinski definition) is 2. The number of benzene rings is 2. The lowest BCUT2D eigenvalue weighted by Crippen LogP contribution is -2.47. The van der Waals surface area contributed by atoms with Crippen LogP contribution < -0.4 is 15.1 Å². The van der Waals surface area contributed by atoms with Crippen LogP contribution in [-0.2, 0) is 4.79 Å². The van der Waals surface area contributed by atoms with Crippen LogP contribution in [-0.4, -0.2) is 43.2 Å². The van der Waals surface area contributed by atoms with E-state index in [1.807, 2.05) is 0 Å². The number of nitrogens with zero attached hydrogens (tertiary/aromatic N) is 2. The lowest BCUT2D eigenvalue weighted by molar-refractivity contribution is -0.114. The van der Waals surface area contributed by atoms with E-state index in [-0.39, 0.29) is 11.5 Å². The van der Waals surface area contributed by atoms with Gasteiger partial charge in [-0.2, -0.15) is 0 Å². The van der Waals surface area contributed by atoms with E-state index in [4.69, 9.17) is 0 Å². The molecule has 0 radical (unpaired) electrons. The van der Waals surface area contributed by atoms with Crippen molar-refractivity contribution in [2.45, 2.75) is 20.8 Å². The van der Waals surface area contributed by atoms with E-state index >= 15 is 0 Å². The summed E-state index contributed by atoms with van der Waals surface area (Å²) < 4.78 is 0. The number of anilines is 3. The molecule has 0 unspecified atom stereocenters. The van der Waals surface area contributed by atoms with Crippen LogP contribution in [0.15, 0.2) is 36.4 Å². The zero-order valence-electron chi connectivity index (χ0n) is 16.0. The predicted octanol–water partition coefficient (Wildman–Crippen LogP) is 3.29. The summed E-state index contributed by atoms with van der Waals surface area (Å²) in [6, 6.07) is 11.4. The van der Waals surface area contributed by atoms with Crippen molar-refractivity contribution < 1.29 is 14.7 Å². The Hall–Kier alpha value is -3.02. The Bertz CT molecular complexity index is 871. The van der Waals surface area contributed by atoms with Crippen LogP contribution in [0.25, 0.3) is 0 Å². The van der Waals surface area contributed by atoms with Gasteiger partial charge in [0.05, 0.1) is 16.9 Å². The second-order valence-corrected chi connectivity index (χ2v) is 6.98. The SMILES string of the molecule is CC(=O)Nc1cc(C(=O)O)ccc1N1CCN(c2cc(C)ccc2C)CC1. The number of nitrogens with one attached hydrogen (secondary N) is 1. The molecule has 1 saturated heterocycles. The molecule has 1 aliphatic heterocycles. The Labute approximate surface area is 159 Å². The minimum absolute atomic E-state index is 0.163. The lowest BCUT2D eigenvalue weighted by Gasteiger charge is -2.38. The van der Waals surface area contributed by atoms with Gasteiger partial charge in [-0.25, -0.2) is 4.79 Å². The number of piperazine rings is 1. The third-order valence-corrected chi connectivity index (χ3v) is 4.88. The molecule has 0 saturated carbocycles. The highest BCUT2D eigenvalue weighted by Crippen LogP contribution is 2.30. The summed E-state index contributed by atoms with van der Waals surface area (Å²) in [5, 5.41) is 12.0. The average Bonchev–Trinajstić information content (AvgIpc) is 2.63. The molecule has 6 nitrogen and oxygen atoms in total. The monoisotopic (exact) mass is 367 g/mol. The van der Waals surface area contributed by atoms with Gasteiger partial charge in [0.25, 0.3) is 0 Å². The third kappa shape index (κ3) is 4.22. The molecule has 0 spiro atoms. The number of carbonyl (C=O) groups is 2. The number of carboxylic acids is 1. The van der Waals surface area contributed by atoms with Gasteiger partial charge >= 0.3 is 5.97 Å². The van der Waals surface area contributed by atoms with E-state index in [0.29, 0.717) is 5.69 Å². The fourth-order valence-electron chi connectivity index (χ4n) is 3.48. The van der Waals surface area contributed by atoms with Gasteiger partial charge in [-0.05, 0) is 49.2 Å². The van der Waals surface area contributed by atoms with Crippen LogP contribution in [0, 0.1) is 13.8 Å². The Morgan fingerprint density at radius 3 is 2.15 bits per heavy atom. The Kier molecular flexibility index (Phi) is 5.35. The molecule has 27 heavy (non-hydrogen) atoms. The Morgan fingerprint density at radius 2 is 1.56 bits per heavy atom. The highest BCUT2D eigenvalue weighted by atomic mass is 16.4. The molecule has 0 aromatic heterocycles. The van der Waals surface area contributed by atoms with Gasteiger partial charge in [-0.1, -0.05) is 12.1 Å². The van der Waals surface area contributed by atoms with E-state index in [1.54, 1.807) is 12.1 Å². The van der Waals surface area contributed by atoms with Crippen molar-refractivity contribution >= 4 is 28.9 Å². The number of carboxylic acid groups (broad SMARTS) is 1. The summed E-state index contributed by atoms with van der Waals surface area (Å²) >= 11 is 0. The molecular weight excluding hydrogens is 342 g/mol. The van der Waals surface area contributed by atoms with E-state index in [9.17, 15) is 14.7 Å². The van der Waals surface area contributed by atoms with E-state index in [1.165, 1.54) is 29.8 Å². The molecule has 2 aromatic rings. The standard InChI is InChI=1S/C21H25N3O3/c1-14-4-5-15(2)20(12-14)24-10-8-23(9-11-24)19-7-6-17(21(26)27)13-18(19)22-16(3)25/h4-7,12-13H,8-11H2,1-3H3,(H,22,25)(H,26,27). The van der Waals surface area contributed by atoms with Gasteiger partial charge < -0.3 is 20.2 Å². The molecule has 1 heterocycles. The van der Waals surface area contributed by atoms with Crippen molar-refractivity contribution in [3.8, 4) is 0 Å². The molecule has 142 valence electrons. The topological polar surface area (TPSA) is 72.9 Å². The van der Waals surface area contributed by atoms with Crippen LogP contribution in [0.2, 0.25) is 0 Å². The predicted molar refractivity (Wildman–Crippen MR) is 108 cm³/mol. The van der Waals surface area contributed by atoms with Crippen molar-refractivity contribution in [2.24, 2.45) is 0 Å². The van der Waals surface area contributed by atoms with Crippen molar-refractivity contribution in [1.82, 2.24) is 0 Å². The fraction of sp³-hybridized carbons (Fsp3) is 0.333. The van der Waals surface area contributed by atoms with Gasteiger partial charge in [-0.3, -0.25) is 4.79 Å². The Balaban J connectivity index is 1.80. The van der Waals surface area contributed by atoms with Crippen molar-refractivity contribution in [3.05, 3.63) is 53.1 Å². The molecule has 0 bridgehead atoms. The zero-order valence-corrected chi connectivity index (χ0v) is 16.0. The number of aryl methyl sites for hydroxylation is 2. The number of rotatable bonds is 4. The molecule has 1 fully saturated rings. The quantitative estimate of drug-likeness (QED) is 0.868. The van der Waals surface area contributed by atoms with Crippen LogP contribution in [0.1, 0.15) is 28.4 Å². The molecule has 3 rings (SSSR count). The number of amides is 1. The summed E-state index contributed by atoms with van der Waals surface area (Å²) in [5.74, 6) is -1.22. The maximum atomic E-state index is 11.6. The number of aromatic carboxylic acids is 1. The van der Waals surface area contributed by atoms with E-state index in [2.05, 4.69) is 47.2 Å². The Morgan fingerprint density at radius 1 is 0.926 bits per heavy atom. The van der Waals surface area contributed by atoms with Crippen LogP contribution in [0.4, 0.5) is 17.1 Å². The fourth-order valence-corrected chi connectivity index (χ4v) is 3.48. The molecule has 2 N–H and O–H groups in total. The molecular formula is C21H25N3O3. The lowest BCUT2D eigenvalue weighted by atomic mass is 10.1. The summed E-state index contributed by atoms with van der Waals surface area (Å²) in [6.45, 7) is 8.98.